The second kappa shape index (κ2) is 7.35. The van der Waals surface area contributed by atoms with Crippen molar-refractivity contribution in [1.82, 2.24) is 5.32 Å². The molecule has 28 heavy (non-hydrogen) atoms. The molecule has 0 aliphatic carbocycles. The highest BCUT2D eigenvalue weighted by Gasteiger charge is 2.23. The number of hydrogen-bond acceptors (Lipinski definition) is 3. The number of hydrogen-bond donors (Lipinski definition) is 1. The summed E-state index contributed by atoms with van der Waals surface area (Å²) in [6.45, 7) is 2.61. The third kappa shape index (κ3) is 3.20. The van der Waals surface area contributed by atoms with Crippen molar-refractivity contribution >= 4 is 28.3 Å². The smallest absolute Gasteiger partial charge is 0.251 e. The molecule has 1 aliphatic rings. The Bertz CT molecular complexity index is 1070. The first-order chi connectivity index (χ1) is 13.6. The number of anilines is 1. The van der Waals surface area contributed by atoms with Crippen LogP contribution in [0, 0.1) is 0 Å². The predicted octanol–water partition coefficient (Wildman–Crippen LogP) is 3.69. The Morgan fingerprint density at radius 3 is 2.71 bits per heavy atom. The minimum absolute atomic E-state index is 0.0269. The Balaban J connectivity index is 1.56. The zero-order valence-corrected chi connectivity index (χ0v) is 16.0. The Hall–Kier alpha value is -3.34. The summed E-state index contributed by atoms with van der Waals surface area (Å²) in [6, 6.07) is 17.5. The average molecular weight is 374 g/mol. The van der Waals surface area contributed by atoms with E-state index in [2.05, 4.69) is 5.32 Å². The monoisotopic (exact) mass is 374 g/mol. The second-order valence-corrected chi connectivity index (χ2v) is 6.91. The molecule has 0 spiro atoms. The van der Waals surface area contributed by atoms with Gasteiger partial charge < -0.3 is 15.0 Å². The molecule has 0 radical (unpaired) electrons. The van der Waals surface area contributed by atoms with Crippen LogP contribution in [0.4, 0.5) is 5.69 Å². The fourth-order valence-electron chi connectivity index (χ4n) is 3.83. The van der Waals surface area contributed by atoms with Crippen molar-refractivity contribution < 1.29 is 14.3 Å². The highest BCUT2D eigenvalue weighted by molar-refractivity contribution is 5.98. The molecule has 0 bridgehead atoms. The van der Waals surface area contributed by atoms with Crippen molar-refractivity contribution in [3.8, 4) is 5.75 Å². The van der Waals surface area contributed by atoms with Gasteiger partial charge in [-0.3, -0.25) is 9.59 Å². The lowest BCUT2D eigenvalue weighted by Crippen LogP contribution is -2.26. The lowest BCUT2D eigenvalue weighted by Gasteiger charge is -2.15. The van der Waals surface area contributed by atoms with Crippen molar-refractivity contribution in [2.45, 2.75) is 19.9 Å². The zero-order chi connectivity index (χ0) is 19.7. The van der Waals surface area contributed by atoms with Crippen molar-refractivity contribution in [3.05, 3.63) is 71.3 Å². The number of methoxy groups -OCH3 is 1. The predicted molar refractivity (Wildman–Crippen MR) is 110 cm³/mol. The maximum atomic E-state index is 12.7. The number of benzene rings is 3. The molecule has 0 unspecified atom stereocenters. The van der Waals surface area contributed by atoms with Gasteiger partial charge in [-0.15, -0.1) is 0 Å². The molecule has 5 nitrogen and oxygen atoms in total. The van der Waals surface area contributed by atoms with Gasteiger partial charge in [0.25, 0.3) is 5.91 Å². The van der Waals surface area contributed by atoms with Gasteiger partial charge in [-0.05, 0) is 47.0 Å². The molecular formula is C23H22N2O3. The summed E-state index contributed by atoms with van der Waals surface area (Å²) in [5, 5.41) is 5.18. The first-order valence-corrected chi connectivity index (χ1v) is 9.32. The molecule has 1 N–H and O–H groups in total. The van der Waals surface area contributed by atoms with Crippen molar-refractivity contribution in [2.75, 3.05) is 18.6 Å². The number of nitrogens with zero attached hydrogens (tertiary/aromatic N) is 1. The lowest BCUT2D eigenvalue weighted by molar-refractivity contribution is -0.116. The maximum Gasteiger partial charge on any atom is 0.251 e. The number of rotatable bonds is 4. The van der Waals surface area contributed by atoms with Gasteiger partial charge in [0.05, 0.1) is 7.11 Å². The van der Waals surface area contributed by atoms with E-state index in [-0.39, 0.29) is 11.8 Å². The number of nitrogens with one attached hydrogen (secondary N) is 1. The molecule has 0 saturated carbocycles. The van der Waals surface area contributed by atoms with Crippen LogP contribution in [-0.4, -0.2) is 25.5 Å². The van der Waals surface area contributed by atoms with Crippen molar-refractivity contribution in [2.24, 2.45) is 0 Å². The lowest BCUT2D eigenvalue weighted by atomic mass is 10.0. The van der Waals surface area contributed by atoms with E-state index in [4.69, 9.17) is 4.74 Å². The highest BCUT2D eigenvalue weighted by Crippen LogP contribution is 2.30. The molecule has 3 aromatic carbocycles. The fraction of sp³-hybridized carbons (Fsp3) is 0.217. The van der Waals surface area contributed by atoms with Gasteiger partial charge >= 0.3 is 0 Å². The molecule has 0 saturated heterocycles. The minimum atomic E-state index is -0.140. The highest BCUT2D eigenvalue weighted by atomic mass is 16.5. The molecule has 3 aromatic rings. The summed E-state index contributed by atoms with van der Waals surface area (Å²) in [5.74, 6) is 0.642. The Morgan fingerprint density at radius 2 is 1.93 bits per heavy atom. The van der Waals surface area contributed by atoms with E-state index in [0.29, 0.717) is 18.7 Å². The molecule has 5 heteroatoms. The normalized spacial score (nSPS) is 12.7. The minimum Gasteiger partial charge on any atom is -0.496 e. The number of ether oxygens (including phenoxy) is 1. The van der Waals surface area contributed by atoms with E-state index < -0.39 is 0 Å². The summed E-state index contributed by atoms with van der Waals surface area (Å²) < 4.78 is 5.50. The van der Waals surface area contributed by atoms with Crippen molar-refractivity contribution in [3.63, 3.8) is 0 Å². The summed E-state index contributed by atoms with van der Waals surface area (Å²) in [4.78, 5) is 26.2. The van der Waals surface area contributed by atoms with Gasteiger partial charge in [-0.1, -0.05) is 30.3 Å². The van der Waals surface area contributed by atoms with E-state index in [1.54, 1.807) is 25.0 Å². The van der Waals surface area contributed by atoms with Gasteiger partial charge in [0.15, 0.2) is 0 Å². The quantitative estimate of drug-likeness (QED) is 0.758. The van der Waals surface area contributed by atoms with Gasteiger partial charge in [-0.2, -0.15) is 0 Å². The van der Waals surface area contributed by atoms with Crippen LogP contribution < -0.4 is 15.0 Å². The molecule has 2 amide bonds. The Morgan fingerprint density at radius 1 is 1.11 bits per heavy atom. The molecule has 0 fully saturated rings. The Labute approximate surface area is 163 Å². The second-order valence-electron chi connectivity index (χ2n) is 6.91. The first kappa shape index (κ1) is 18.0. The van der Waals surface area contributed by atoms with Crippen LogP contribution in [0.15, 0.2) is 54.6 Å². The van der Waals surface area contributed by atoms with Crippen LogP contribution in [0.25, 0.3) is 10.8 Å². The molecule has 1 aliphatic heterocycles. The third-order valence-corrected chi connectivity index (χ3v) is 5.26. The van der Waals surface area contributed by atoms with Gasteiger partial charge in [0.2, 0.25) is 5.91 Å². The molecule has 1 heterocycles. The standard InChI is InChI=1S/C23H22N2O3/c1-15(26)25-12-11-17-13-18(7-9-21(17)25)23(27)24-14-20-19-6-4-3-5-16(19)8-10-22(20)28-2/h3-10,13H,11-12,14H2,1-2H3,(H,24,27). The zero-order valence-electron chi connectivity index (χ0n) is 16.0. The topological polar surface area (TPSA) is 58.6 Å². The van der Waals surface area contributed by atoms with E-state index in [1.165, 1.54) is 0 Å². The van der Waals surface area contributed by atoms with Gasteiger partial charge in [-0.25, -0.2) is 0 Å². The Kier molecular flexibility index (Phi) is 4.74. The van der Waals surface area contributed by atoms with E-state index >= 15 is 0 Å². The molecular weight excluding hydrogens is 352 g/mol. The van der Waals surface area contributed by atoms with Gasteiger partial charge in [0, 0.05) is 36.8 Å². The van der Waals surface area contributed by atoms with Crippen LogP contribution in [0.1, 0.15) is 28.4 Å². The molecule has 0 atom stereocenters. The van der Waals surface area contributed by atoms with Crippen LogP contribution in [0.3, 0.4) is 0 Å². The van der Waals surface area contributed by atoms with E-state index in [0.717, 1.165) is 39.8 Å². The van der Waals surface area contributed by atoms with E-state index in [1.807, 2.05) is 48.5 Å². The van der Waals surface area contributed by atoms with Crippen LogP contribution >= 0.6 is 0 Å². The summed E-state index contributed by atoms with van der Waals surface area (Å²) >= 11 is 0. The fourth-order valence-corrected chi connectivity index (χ4v) is 3.83. The largest absolute Gasteiger partial charge is 0.496 e. The average Bonchev–Trinajstić information content (AvgIpc) is 3.15. The summed E-state index contributed by atoms with van der Waals surface area (Å²) in [5.41, 5.74) is 3.49. The number of amides is 2. The van der Waals surface area contributed by atoms with E-state index in [9.17, 15) is 9.59 Å². The summed E-state index contributed by atoms with van der Waals surface area (Å²) in [6.07, 6.45) is 0.771. The molecule has 0 aromatic heterocycles. The number of carbonyl (C=O) groups is 2. The SMILES string of the molecule is COc1ccc2ccccc2c1CNC(=O)c1ccc2c(c1)CCN2C(C)=O. The number of fused-ring (bicyclic) bond motifs is 2. The molecule has 4 rings (SSSR count). The first-order valence-electron chi connectivity index (χ1n) is 9.32. The van der Waals surface area contributed by atoms with Gasteiger partial charge in [0.1, 0.15) is 5.75 Å². The third-order valence-electron chi connectivity index (χ3n) is 5.26. The number of carbonyl (C=O) groups excluding carboxylic acids is 2. The van der Waals surface area contributed by atoms with Crippen molar-refractivity contribution in [1.29, 1.82) is 0 Å². The maximum absolute atomic E-state index is 12.7. The van der Waals surface area contributed by atoms with Crippen LogP contribution in [0.5, 0.6) is 5.75 Å². The molecule has 142 valence electrons. The van der Waals surface area contributed by atoms with Crippen LogP contribution in [-0.2, 0) is 17.8 Å². The van der Waals surface area contributed by atoms with Crippen LogP contribution in [0.2, 0.25) is 0 Å². The summed E-state index contributed by atoms with van der Waals surface area (Å²) in [7, 11) is 1.64.